The Morgan fingerprint density at radius 3 is 2.16 bits per heavy atom. The lowest BCUT2D eigenvalue weighted by molar-refractivity contribution is 0.0625. The third-order valence-corrected chi connectivity index (χ3v) is 12.6. The average molecular weight is 847 g/mol. The Hall–Kier alpha value is -3.92. The Labute approximate surface area is 325 Å². The van der Waals surface area contributed by atoms with Crippen LogP contribution >= 0.6 is 20.1 Å². The van der Waals surface area contributed by atoms with Gasteiger partial charge in [-0.2, -0.15) is 5.10 Å². The Balaban J connectivity index is 1.63. The molecule has 13 nitrogen and oxygen atoms in total. The number of anilines is 1. The van der Waals surface area contributed by atoms with Crippen LogP contribution in [-0.4, -0.2) is 119 Å². The molecule has 0 bridgehead atoms. The summed E-state index contributed by atoms with van der Waals surface area (Å²) in [5, 5.41) is 25.2. The van der Waals surface area contributed by atoms with Crippen LogP contribution in [0.4, 0.5) is 23.2 Å². The molecular formula is C36H46F4N6O7S3. The maximum Gasteiger partial charge on any atom is 0.267 e. The predicted molar refractivity (Wildman–Crippen MR) is 212 cm³/mol. The number of aliphatic hydroxyl groups excluding tert-OH is 2. The van der Waals surface area contributed by atoms with E-state index in [2.05, 4.69) is 52.6 Å². The summed E-state index contributed by atoms with van der Waals surface area (Å²) in [4.78, 5) is 7.30. The fourth-order valence-electron chi connectivity index (χ4n) is 5.51. The minimum atomic E-state index is -4.76. The van der Waals surface area contributed by atoms with Gasteiger partial charge in [0.15, 0.2) is 22.4 Å². The summed E-state index contributed by atoms with van der Waals surface area (Å²) in [6.07, 6.45) is 13.5. The highest BCUT2D eigenvalue weighted by molar-refractivity contribution is 8.32. The van der Waals surface area contributed by atoms with Crippen molar-refractivity contribution in [1.29, 1.82) is 0 Å². The predicted octanol–water partition coefficient (Wildman–Crippen LogP) is 5.69. The van der Waals surface area contributed by atoms with Crippen LogP contribution in [0.2, 0.25) is 0 Å². The van der Waals surface area contributed by atoms with E-state index in [0.717, 1.165) is 43.0 Å². The van der Waals surface area contributed by atoms with E-state index in [1.165, 1.54) is 21.5 Å². The molecule has 3 N–H and O–H groups in total. The van der Waals surface area contributed by atoms with Crippen LogP contribution < -0.4 is 9.46 Å². The Morgan fingerprint density at radius 2 is 1.54 bits per heavy atom. The first kappa shape index (κ1) is 43.2. The van der Waals surface area contributed by atoms with Crippen molar-refractivity contribution in [3.05, 3.63) is 71.7 Å². The molecule has 0 radical (unpaired) electrons. The smallest absolute Gasteiger partial charge is 0.267 e. The minimum Gasteiger partial charge on any atom is -0.480 e. The summed E-state index contributed by atoms with van der Waals surface area (Å²) >= 11 is 0. The first-order chi connectivity index (χ1) is 26.3. The van der Waals surface area contributed by atoms with Gasteiger partial charge in [-0.05, 0) is 55.7 Å². The first-order valence-corrected chi connectivity index (χ1v) is 24.5. The summed E-state index contributed by atoms with van der Waals surface area (Å²) in [7, 11) is -5.49. The summed E-state index contributed by atoms with van der Waals surface area (Å²) in [5.41, 5.74) is -2.11. The largest absolute Gasteiger partial charge is 0.480 e. The number of methoxy groups -OCH3 is 1. The fourth-order valence-corrected chi connectivity index (χ4v) is 7.94. The summed E-state index contributed by atoms with van der Waals surface area (Å²) in [5.74, 6) is -3.61. The molecule has 0 saturated heterocycles. The van der Waals surface area contributed by atoms with Crippen molar-refractivity contribution in [2.24, 2.45) is 0 Å². The molecule has 5 aromatic rings. The standard InChI is InChI=1S/C36H46F4N6O7S3/c1-51-36-29(16-22(37)17-42-36)56(49,50)44-26-11-10-25(38)30(32(26)40)23-8-9-24-33(43-46(34(24)31(23)39)21-53-13-15-55(5,6)7)35-41-18-27(28(48)19-47)45(35)20-52-12-14-54(2,3)4/h8-11,16-18,28,44,47-48H,12-15,19-21H2,1-7H3. The number of aromatic nitrogens is 5. The molecule has 1 unspecified atom stereocenters. The highest BCUT2D eigenvalue weighted by Crippen LogP contribution is 2.40. The molecule has 0 aliphatic carbocycles. The summed E-state index contributed by atoms with van der Waals surface area (Å²) in [6, 6.07) is 4.68. The number of hydrogen-bond acceptors (Lipinski definition) is 10. The normalized spacial score (nSPS) is 13.7. The Morgan fingerprint density at radius 1 is 0.875 bits per heavy atom. The number of rotatable bonds is 18. The van der Waals surface area contributed by atoms with Crippen LogP contribution in [0.1, 0.15) is 11.8 Å². The molecule has 1 atom stereocenters. The van der Waals surface area contributed by atoms with Crippen LogP contribution in [0.15, 0.2) is 47.6 Å². The monoisotopic (exact) mass is 846 g/mol. The third-order valence-electron chi connectivity index (χ3n) is 8.45. The molecular weight excluding hydrogens is 801 g/mol. The van der Waals surface area contributed by atoms with Gasteiger partial charge in [-0.3, -0.25) is 4.72 Å². The molecule has 0 amide bonds. The zero-order chi connectivity index (χ0) is 41.2. The van der Waals surface area contributed by atoms with Gasteiger partial charge in [0.1, 0.15) is 42.4 Å². The van der Waals surface area contributed by atoms with Crippen molar-refractivity contribution in [2.45, 2.75) is 24.5 Å². The van der Waals surface area contributed by atoms with E-state index in [9.17, 15) is 23.0 Å². The van der Waals surface area contributed by atoms with E-state index >= 15 is 13.2 Å². The number of hydrogen-bond donors (Lipinski definition) is 3. The second kappa shape index (κ2) is 17.3. The molecule has 3 heterocycles. The van der Waals surface area contributed by atoms with Crippen LogP contribution in [0, 0.1) is 23.3 Å². The molecule has 0 aliphatic rings. The van der Waals surface area contributed by atoms with Gasteiger partial charge in [-0.15, -0.1) is 0 Å². The van der Waals surface area contributed by atoms with Crippen LogP contribution in [0.5, 0.6) is 5.88 Å². The van der Waals surface area contributed by atoms with Gasteiger partial charge < -0.3 is 29.0 Å². The summed E-state index contributed by atoms with van der Waals surface area (Å²) < 4.78 is 111. The zero-order valence-corrected chi connectivity index (χ0v) is 34.4. The van der Waals surface area contributed by atoms with Gasteiger partial charge in [0.25, 0.3) is 10.0 Å². The van der Waals surface area contributed by atoms with Crippen LogP contribution in [0.25, 0.3) is 33.5 Å². The maximum atomic E-state index is 17.0. The lowest BCUT2D eigenvalue weighted by Crippen LogP contribution is -2.16. The molecule has 3 aromatic heterocycles. The van der Waals surface area contributed by atoms with Gasteiger partial charge >= 0.3 is 0 Å². The molecule has 0 fully saturated rings. The quantitative estimate of drug-likeness (QED) is 0.0738. The van der Waals surface area contributed by atoms with E-state index in [0.29, 0.717) is 19.3 Å². The van der Waals surface area contributed by atoms with Gasteiger partial charge in [0.2, 0.25) is 5.88 Å². The molecule has 0 aliphatic heterocycles. The SMILES string of the molecule is COc1ncc(F)cc1S(=O)(=O)Nc1ccc(F)c(-c2ccc3c(-c4ncc(C(O)CO)n4COCCS(C)(C)C)nn(COCCS(C)(C)C)c3c2F)c1F. The number of benzene rings is 2. The van der Waals surface area contributed by atoms with Crippen molar-refractivity contribution < 1.29 is 50.4 Å². The molecule has 5 rings (SSSR count). The van der Waals surface area contributed by atoms with Crippen LogP contribution in [0.3, 0.4) is 0 Å². The number of aliphatic hydroxyl groups is 2. The number of imidazole rings is 1. The molecule has 0 saturated carbocycles. The van der Waals surface area contributed by atoms with Crippen molar-refractivity contribution in [3.8, 4) is 28.5 Å². The van der Waals surface area contributed by atoms with E-state index in [1.54, 1.807) is 0 Å². The van der Waals surface area contributed by atoms with Gasteiger partial charge in [-0.1, -0.05) is 6.07 Å². The van der Waals surface area contributed by atoms with Crippen molar-refractivity contribution in [1.82, 2.24) is 24.3 Å². The second-order valence-corrected chi connectivity index (χ2v) is 25.3. The number of nitrogens with zero attached hydrogens (tertiary/aromatic N) is 5. The van der Waals surface area contributed by atoms with Gasteiger partial charge in [0, 0.05) is 28.5 Å². The van der Waals surface area contributed by atoms with E-state index in [4.69, 9.17) is 14.2 Å². The van der Waals surface area contributed by atoms with E-state index < -0.39 is 93.6 Å². The maximum absolute atomic E-state index is 17.0. The van der Waals surface area contributed by atoms with Crippen molar-refractivity contribution in [2.75, 3.05) is 80.7 Å². The Kier molecular flexibility index (Phi) is 13.3. The molecule has 20 heteroatoms. The Bertz CT molecular complexity index is 2310. The molecule has 0 spiro atoms. The number of halogens is 4. The number of nitrogens with one attached hydrogen (secondary N) is 1. The van der Waals surface area contributed by atoms with Crippen molar-refractivity contribution in [3.63, 3.8) is 0 Å². The zero-order valence-electron chi connectivity index (χ0n) is 32.0. The highest BCUT2D eigenvalue weighted by Gasteiger charge is 2.29. The first-order valence-electron chi connectivity index (χ1n) is 17.0. The molecule has 56 heavy (non-hydrogen) atoms. The molecule has 2 aromatic carbocycles. The second-order valence-electron chi connectivity index (χ2n) is 14.5. The third kappa shape index (κ3) is 9.78. The fraction of sp³-hybridized carbons (Fsp3) is 0.417. The number of ether oxygens (including phenoxy) is 3. The lowest BCUT2D eigenvalue weighted by Gasteiger charge is -2.25. The number of fused-ring (bicyclic) bond motifs is 1. The number of sulfonamides is 1. The van der Waals surface area contributed by atoms with Crippen LogP contribution in [-0.2, 0) is 33.0 Å². The minimum absolute atomic E-state index is 0.0896. The highest BCUT2D eigenvalue weighted by atomic mass is 32.3. The topological polar surface area (TPSA) is 163 Å². The average Bonchev–Trinajstić information content (AvgIpc) is 3.71. The van der Waals surface area contributed by atoms with E-state index in [-0.39, 0.29) is 41.6 Å². The summed E-state index contributed by atoms with van der Waals surface area (Å²) in [6.45, 7) is -0.279. The van der Waals surface area contributed by atoms with Crippen molar-refractivity contribution >= 4 is 46.7 Å². The van der Waals surface area contributed by atoms with E-state index in [1.807, 2.05) is 4.72 Å². The van der Waals surface area contributed by atoms with Gasteiger partial charge in [0.05, 0.1) is 56.3 Å². The molecule has 308 valence electrons. The van der Waals surface area contributed by atoms with Gasteiger partial charge in [-0.25, -0.2) is 60.7 Å². The number of pyridine rings is 1. The lowest BCUT2D eigenvalue weighted by atomic mass is 10.0.